The molecule has 194 valence electrons. The molecule has 0 spiro atoms. The third-order valence-corrected chi connectivity index (χ3v) is 7.97. The number of nitrogens with one attached hydrogen (secondary N) is 1. The zero-order valence-electron chi connectivity index (χ0n) is 19.9. The number of rotatable bonds is 7. The molecule has 4 aromatic rings. The SMILES string of the molecule is CC1(CS(C)(=O)=O)CN(c2ccc(-c3n[nH]c4cc(F)c(O[C@H](N)c5c(Cl)cncc5Cl)cc34)cn2)C1. The summed E-state index contributed by atoms with van der Waals surface area (Å²) in [6.07, 6.45) is 4.55. The van der Waals surface area contributed by atoms with Crippen LogP contribution in [0.5, 0.6) is 5.75 Å². The van der Waals surface area contributed by atoms with Crippen LogP contribution in [-0.2, 0) is 9.84 Å². The van der Waals surface area contributed by atoms with Crippen molar-refractivity contribution in [3.8, 4) is 17.0 Å². The maximum atomic E-state index is 14.8. The van der Waals surface area contributed by atoms with Crippen LogP contribution in [0, 0.1) is 11.2 Å². The second kappa shape index (κ2) is 9.39. The average Bonchev–Trinajstić information content (AvgIpc) is 3.19. The van der Waals surface area contributed by atoms with Crippen LogP contribution in [0.15, 0.2) is 42.9 Å². The number of nitrogens with two attached hydrogens (primary N) is 1. The number of H-pyrrole nitrogens is 1. The van der Waals surface area contributed by atoms with Crippen LogP contribution in [-0.4, -0.2) is 53.7 Å². The lowest BCUT2D eigenvalue weighted by Crippen LogP contribution is -2.58. The number of hydrogen-bond acceptors (Lipinski definition) is 8. The first-order chi connectivity index (χ1) is 17.4. The van der Waals surface area contributed by atoms with Gasteiger partial charge in [0.05, 0.1) is 21.3 Å². The normalized spacial score (nSPS) is 16.0. The molecule has 3 N–H and O–H groups in total. The van der Waals surface area contributed by atoms with E-state index in [1.54, 1.807) is 6.20 Å². The Kier molecular flexibility index (Phi) is 6.51. The maximum absolute atomic E-state index is 14.8. The summed E-state index contributed by atoms with van der Waals surface area (Å²) >= 11 is 12.3. The molecule has 1 aliphatic rings. The summed E-state index contributed by atoms with van der Waals surface area (Å²) < 4.78 is 43.8. The largest absolute Gasteiger partial charge is 0.468 e. The van der Waals surface area contributed by atoms with Crippen molar-refractivity contribution in [2.24, 2.45) is 11.1 Å². The summed E-state index contributed by atoms with van der Waals surface area (Å²) in [4.78, 5) is 10.4. The maximum Gasteiger partial charge on any atom is 0.177 e. The van der Waals surface area contributed by atoms with Gasteiger partial charge >= 0.3 is 0 Å². The third kappa shape index (κ3) is 5.22. The van der Waals surface area contributed by atoms with Gasteiger partial charge in [-0.2, -0.15) is 5.10 Å². The highest BCUT2D eigenvalue weighted by atomic mass is 35.5. The van der Waals surface area contributed by atoms with E-state index < -0.39 is 21.9 Å². The molecule has 1 atom stereocenters. The number of hydrogen-bond donors (Lipinski definition) is 2. The van der Waals surface area contributed by atoms with Gasteiger partial charge in [0.15, 0.2) is 17.8 Å². The number of pyridine rings is 2. The number of ether oxygens (including phenoxy) is 1. The van der Waals surface area contributed by atoms with E-state index in [1.807, 2.05) is 24.0 Å². The van der Waals surface area contributed by atoms with Crippen LogP contribution < -0.4 is 15.4 Å². The first-order valence-electron chi connectivity index (χ1n) is 11.2. The highest BCUT2D eigenvalue weighted by Gasteiger charge is 2.41. The Morgan fingerprint density at radius 3 is 2.54 bits per heavy atom. The molecule has 1 aromatic carbocycles. The summed E-state index contributed by atoms with van der Waals surface area (Å²) in [6, 6.07) is 6.48. The van der Waals surface area contributed by atoms with E-state index >= 15 is 0 Å². The number of sulfone groups is 1. The minimum atomic E-state index is -3.06. The molecule has 0 bridgehead atoms. The van der Waals surface area contributed by atoms with Crippen LogP contribution in [0.1, 0.15) is 18.7 Å². The van der Waals surface area contributed by atoms with Gasteiger partial charge < -0.3 is 9.64 Å². The molecule has 1 saturated heterocycles. The molecule has 1 aliphatic heterocycles. The third-order valence-electron chi connectivity index (χ3n) is 6.15. The number of aromatic nitrogens is 4. The van der Waals surface area contributed by atoms with E-state index in [0.717, 1.165) is 5.82 Å². The van der Waals surface area contributed by atoms with Crippen molar-refractivity contribution >= 4 is 49.8 Å². The Bertz CT molecular complexity index is 1570. The van der Waals surface area contributed by atoms with Crippen LogP contribution in [0.3, 0.4) is 0 Å². The standard InChI is InChI=1S/C24H23Cl2FN6O3S/c1-24(12-37(2,34)35)10-33(11-24)20-4-3-13(7-30-20)22-14-5-19(17(27)6-18(14)31-32-22)36-23(28)21-15(25)8-29-9-16(21)26/h3-9,23H,10-12,28H2,1-2H3,(H,31,32)/t23-/m0/s1. The molecule has 0 unspecified atom stereocenters. The number of aromatic amines is 1. The molecule has 0 saturated carbocycles. The Hall–Kier alpha value is -2.99. The van der Waals surface area contributed by atoms with Crippen molar-refractivity contribution in [1.82, 2.24) is 20.2 Å². The lowest BCUT2D eigenvalue weighted by molar-refractivity contribution is 0.205. The summed E-state index contributed by atoms with van der Waals surface area (Å²) in [5.74, 6) is 0.143. The molecule has 13 heteroatoms. The molecule has 0 radical (unpaired) electrons. The number of fused-ring (bicyclic) bond motifs is 1. The summed E-state index contributed by atoms with van der Waals surface area (Å²) in [5, 5.41) is 8.18. The Morgan fingerprint density at radius 1 is 1.22 bits per heavy atom. The van der Waals surface area contributed by atoms with Crippen molar-refractivity contribution in [3.63, 3.8) is 0 Å². The first-order valence-corrected chi connectivity index (χ1v) is 14.0. The van der Waals surface area contributed by atoms with Crippen LogP contribution in [0.4, 0.5) is 10.2 Å². The summed E-state index contributed by atoms with van der Waals surface area (Å²) in [5.41, 5.74) is 7.86. The molecule has 3 aromatic heterocycles. The Balaban J connectivity index is 1.38. The van der Waals surface area contributed by atoms with Gasteiger partial charge in [-0.3, -0.25) is 15.8 Å². The van der Waals surface area contributed by atoms with Crippen molar-refractivity contribution in [1.29, 1.82) is 0 Å². The minimum Gasteiger partial charge on any atom is -0.468 e. The lowest BCUT2D eigenvalue weighted by Gasteiger charge is -2.48. The number of anilines is 1. The zero-order chi connectivity index (χ0) is 26.5. The fraction of sp³-hybridized carbons (Fsp3) is 0.292. The number of halogens is 3. The van der Waals surface area contributed by atoms with E-state index in [4.69, 9.17) is 33.7 Å². The second-order valence-electron chi connectivity index (χ2n) is 9.60. The van der Waals surface area contributed by atoms with Crippen molar-refractivity contribution in [3.05, 3.63) is 64.3 Å². The van der Waals surface area contributed by atoms with Gasteiger partial charge in [-0.05, 0) is 18.2 Å². The first kappa shape index (κ1) is 25.7. The fourth-order valence-electron chi connectivity index (χ4n) is 4.69. The van der Waals surface area contributed by atoms with Gasteiger partial charge in [-0.1, -0.05) is 30.1 Å². The fourth-order valence-corrected chi connectivity index (χ4v) is 6.72. The van der Waals surface area contributed by atoms with Crippen molar-refractivity contribution < 1.29 is 17.5 Å². The predicted molar refractivity (Wildman–Crippen MR) is 141 cm³/mol. The van der Waals surface area contributed by atoms with E-state index in [0.29, 0.717) is 40.8 Å². The average molecular weight is 565 g/mol. The van der Waals surface area contributed by atoms with Gasteiger partial charge in [-0.25, -0.2) is 17.8 Å². The van der Waals surface area contributed by atoms with Gasteiger partial charge in [0.2, 0.25) is 0 Å². The topological polar surface area (TPSA) is 127 Å². The molecular formula is C24H23Cl2FN6O3S. The van der Waals surface area contributed by atoms with Gasteiger partial charge in [0.1, 0.15) is 21.3 Å². The van der Waals surface area contributed by atoms with E-state index in [-0.39, 0.29) is 27.0 Å². The summed E-state index contributed by atoms with van der Waals surface area (Å²) in [7, 11) is -3.06. The van der Waals surface area contributed by atoms with E-state index in [1.165, 1.54) is 30.8 Å². The minimum absolute atomic E-state index is 0.0954. The highest BCUT2D eigenvalue weighted by molar-refractivity contribution is 7.90. The molecule has 9 nitrogen and oxygen atoms in total. The molecule has 5 rings (SSSR count). The monoisotopic (exact) mass is 564 g/mol. The Labute approximate surface area is 222 Å². The van der Waals surface area contributed by atoms with Gasteiger partial charge in [-0.15, -0.1) is 0 Å². The van der Waals surface area contributed by atoms with Gasteiger partial charge in [0.25, 0.3) is 0 Å². The van der Waals surface area contributed by atoms with Crippen LogP contribution in [0.25, 0.3) is 22.2 Å². The zero-order valence-corrected chi connectivity index (χ0v) is 22.2. The quantitative estimate of drug-likeness (QED) is 0.317. The molecule has 4 heterocycles. The van der Waals surface area contributed by atoms with E-state index in [9.17, 15) is 12.8 Å². The molecule has 1 fully saturated rings. The predicted octanol–water partition coefficient (Wildman–Crippen LogP) is 4.37. The molecule has 0 aliphatic carbocycles. The van der Waals surface area contributed by atoms with E-state index in [2.05, 4.69) is 20.2 Å². The molecular weight excluding hydrogens is 542 g/mol. The second-order valence-corrected chi connectivity index (χ2v) is 12.6. The Morgan fingerprint density at radius 2 is 1.92 bits per heavy atom. The molecule has 37 heavy (non-hydrogen) atoms. The smallest absolute Gasteiger partial charge is 0.177 e. The molecule has 0 amide bonds. The highest BCUT2D eigenvalue weighted by Crippen LogP contribution is 2.37. The van der Waals surface area contributed by atoms with Crippen LogP contribution in [0.2, 0.25) is 10.0 Å². The van der Waals surface area contributed by atoms with Gasteiger partial charge in [0, 0.05) is 65.9 Å². The van der Waals surface area contributed by atoms with Crippen LogP contribution >= 0.6 is 23.2 Å². The number of benzene rings is 1. The van der Waals surface area contributed by atoms with Crippen molar-refractivity contribution in [2.45, 2.75) is 13.2 Å². The summed E-state index contributed by atoms with van der Waals surface area (Å²) in [6.45, 7) is 3.16. The number of nitrogens with zero attached hydrogens (tertiary/aromatic N) is 4. The lowest BCUT2D eigenvalue weighted by atomic mass is 9.84. The van der Waals surface area contributed by atoms with Crippen molar-refractivity contribution in [2.75, 3.05) is 30.0 Å².